The van der Waals surface area contributed by atoms with E-state index in [1.165, 1.54) is 16.8 Å². The smallest absolute Gasteiger partial charge is 0.150 e. The number of aromatic nitrogens is 2. The zero-order chi connectivity index (χ0) is 12.9. The molecule has 0 saturated heterocycles. The monoisotopic (exact) mass is 246 g/mol. The minimum Gasteiger partial charge on any atom is -0.382 e. The first-order valence-corrected chi connectivity index (χ1v) is 5.97. The molecule has 94 valence electrons. The van der Waals surface area contributed by atoms with E-state index in [1.807, 2.05) is 6.92 Å². The van der Waals surface area contributed by atoms with Gasteiger partial charge < -0.3 is 11.6 Å². The lowest BCUT2D eigenvalue weighted by Gasteiger charge is -2.04. The largest absolute Gasteiger partial charge is 0.382 e. The molecule has 1 fully saturated rings. The molecule has 0 spiro atoms. The fourth-order valence-corrected chi connectivity index (χ4v) is 2.18. The standard InChI is InChI=1S/C13H15FN4/c1-7-6-9(14)4-5-10(7)11-12(15)18(16)13(17-11)8-2-3-8/h4-6,8H,2-3,15-16H2,1H3. The second kappa shape index (κ2) is 3.73. The predicted molar refractivity (Wildman–Crippen MR) is 68.9 cm³/mol. The van der Waals surface area contributed by atoms with Crippen LogP contribution >= 0.6 is 0 Å². The fraction of sp³-hybridized carbons (Fsp3) is 0.308. The number of hydrogen-bond acceptors (Lipinski definition) is 3. The quantitative estimate of drug-likeness (QED) is 0.798. The molecule has 0 unspecified atom stereocenters. The molecule has 1 heterocycles. The third kappa shape index (κ3) is 1.63. The summed E-state index contributed by atoms with van der Waals surface area (Å²) >= 11 is 0. The molecule has 0 atom stereocenters. The van der Waals surface area contributed by atoms with Crippen molar-refractivity contribution >= 4 is 5.82 Å². The Labute approximate surface area is 104 Å². The Balaban J connectivity index is 2.13. The summed E-state index contributed by atoms with van der Waals surface area (Å²) in [6, 6.07) is 4.58. The van der Waals surface area contributed by atoms with Crippen LogP contribution < -0.4 is 11.6 Å². The van der Waals surface area contributed by atoms with Crippen molar-refractivity contribution < 1.29 is 4.39 Å². The molecular weight excluding hydrogens is 231 g/mol. The molecule has 1 aliphatic carbocycles. The number of anilines is 1. The predicted octanol–water partition coefficient (Wildman–Crippen LogP) is 2.17. The van der Waals surface area contributed by atoms with E-state index in [4.69, 9.17) is 11.6 Å². The lowest BCUT2D eigenvalue weighted by atomic mass is 10.1. The van der Waals surface area contributed by atoms with Crippen molar-refractivity contribution in [2.24, 2.45) is 0 Å². The van der Waals surface area contributed by atoms with Crippen LogP contribution in [-0.2, 0) is 0 Å². The Morgan fingerprint density at radius 1 is 1.39 bits per heavy atom. The van der Waals surface area contributed by atoms with Crippen LogP contribution in [0, 0.1) is 12.7 Å². The van der Waals surface area contributed by atoms with Crippen molar-refractivity contribution in [1.82, 2.24) is 9.66 Å². The van der Waals surface area contributed by atoms with Crippen molar-refractivity contribution in [3.05, 3.63) is 35.4 Å². The first-order valence-electron chi connectivity index (χ1n) is 5.97. The summed E-state index contributed by atoms with van der Waals surface area (Å²) in [7, 11) is 0. The maximum Gasteiger partial charge on any atom is 0.150 e. The van der Waals surface area contributed by atoms with E-state index < -0.39 is 0 Å². The van der Waals surface area contributed by atoms with Crippen LogP contribution in [0.3, 0.4) is 0 Å². The maximum absolute atomic E-state index is 13.1. The summed E-state index contributed by atoms with van der Waals surface area (Å²) in [5.41, 5.74) is 8.28. The van der Waals surface area contributed by atoms with Gasteiger partial charge in [-0.15, -0.1) is 0 Å². The van der Waals surface area contributed by atoms with Gasteiger partial charge in [-0.05, 0) is 43.5 Å². The molecule has 0 bridgehead atoms. The summed E-state index contributed by atoms with van der Waals surface area (Å²) in [5, 5.41) is 0. The molecule has 4 nitrogen and oxygen atoms in total. The first-order chi connectivity index (χ1) is 8.58. The highest BCUT2D eigenvalue weighted by atomic mass is 19.1. The van der Waals surface area contributed by atoms with Crippen LogP contribution in [0.1, 0.15) is 30.1 Å². The average molecular weight is 246 g/mol. The number of halogens is 1. The van der Waals surface area contributed by atoms with Crippen molar-refractivity contribution in [2.75, 3.05) is 11.6 Å². The molecule has 5 heteroatoms. The number of hydrogen-bond donors (Lipinski definition) is 2. The molecule has 1 aromatic carbocycles. The molecule has 18 heavy (non-hydrogen) atoms. The van der Waals surface area contributed by atoms with E-state index in [0.29, 0.717) is 17.4 Å². The van der Waals surface area contributed by atoms with Crippen molar-refractivity contribution in [2.45, 2.75) is 25.7 Å². The van der Waals surface area contributed by atoms with Crippen molar-refractivity contribution in [3.63, 3.8) is 0 Å². The Morgan fingerprint density at radius 3 is 2.72 bits per heavy atom. The number of rotatable bonds is 2. The van der Waals surface area contributed by atoms with Gasteiger partial charge in [0.15, 0.2) is 5.82 Å². The highest BCUT2D eigenvalue weighted by Crippen LogP contribution is 2.41. The van der Waals surface area contributed by atoms with E-state index in [1.54, 1.807) is 6.07 Å². The van der Waals surface area contributed by atoms with Gasteiger partial charge in [0.1, 0.15) is 17.3 Å². The van der Waals surface area contributed by atoms with Gasteiger partial charge in [-0.2, -0.15) is 0 Å². The minimum atomic E-state index is -0.260. The van der Waals surface area contributed by atoms with Crippen LogP contribution in [0.15, 0.2) is 18.2 Å². The maximum atomic E-state index is 13.1. The summed E-state index contributed by atoms with van der Waals surface area (Å²) in [6.07, 6.45) is 2.21. The molecule has 2 aromatic rings. The Morgan fingerprint density at radius 2 is 2.11 bits per heavy atom. The molecule has 0 radical (unpaired) electrons. The minimum absolute atomic E-state index is 0.260. The molecule has 0 aliphatic heterocycles. The molecule has 1 aliphatic rings. The fourth-order valence-electron chi connectivity index (χ4n) is 2.18. The number of nitrogen functional groups attached to an aromatic ring is 2. The number of nitrogens with zero attached hydrogens (tertiary/aromatic N) is 2. The summed E-state index contributed by atoms with van der Waals surface area (Å²) in [6.45, 7) is 1.84. The second-order valence-electron chi connectivity index (χ2n) is 4.81. The lowest BCUT2D eigenvalue weighted by molar-refractivity contribution is 0.627. The molecule has 4 N–H and O–H groups in total. The van der Waals surface area contributed by atoms with Crippen LogP contribution in [0.25, 0.3) is 11.3 Å². The van der Waals surface area contributed by atoms with Gasteiger partial charge in [0.25, 0.3) is 0 Å². The van der Waals surface area contributed by atoms with E-state index in [-0.39, 0.29) is 5.82 Å². The Bertz CT molecular complexity index is 614. The molecule has 1 aromatic heterocycles. The van der Waals surface area contributed by atoms with E-state index in [9.17, 15) is 4.39 Å². The van der Waals surface area contributed by atoms with Gasteiger partial charge in [-0.25, -0.2) is 14.1 Å². The summed E-state index contributed by atoms with van der Waals surface area (Å²) < 4.78 is 14.6. The van der Waals surface area contributed by atoms with Gasteiger partial charge in [-0.3, -0.25) is 0 Å². The van der Waals surface area contributed by atoms with Gasteiger partial charge in [0, 0.05) is 11.5 Å². The second-order valence-corrected chi connectivity index (χ2v) is 4.81. The number of imidazole rings is 1. The summed E-state index contributed by atoms with van der Waals surface area (Å²) in [5.74, 6) is 7.34. The first kappa shape index (κ1) is 11.1. The number of benzene rings is 1. The average Bonchev–Trinajstić information content (AvgIpc) is 3.11. The number of aryl methyl sites for hydroxylation is 1. The van der Waals surface area contributed by atoms with E-state index in [0.717, 1.165) is 29.8 Å². The molecular formula is C13H15FN4. The van der Waals surface area contributed by atoms with Crippen LogP contribution in [-0.4, -0.2) is 9.66 Å². The van der Waals surface area contributed by atoms with Gasteiger partial charge in [-0.1, -0.05) is 0 Å². The molecule has 1 saturated carbocycles. The zero-order valence-corrected chi connectivity index (χ0v) is 10.2. The normalized spacial score (nSPS) is 15.0. The molecule has 0 amide bonds. The van der Waals surface area contributed by atoms with Crippen molar-refractivity contribution in [1.29, 1.82) is 0 Å². The Kier molecular flexibility index (Phi) is 2.29. The highest BCUT2D eigenvalue weighted by Gasteiger charge is 2.30. The van der Waals surface area contributed by atoms with Crippen LogP contribution in [0.4, 0.5) is 10.2 Å². The number of nitrogens with two attached hydrogens (primary N) is 2. The SMILES string of the molecule is Cc1cc(F)ccc1-c1nc(C2CC2)n(N)c1N. The molecule has 3 rings (SSSR count). The van der Waals surface area contributed by atoms with Gasteiger partial charge in [0.2, 0.25) is 0 Å². The summed E-state index contributed by atoms with van der Waals surface area (Å²) in [4.78, 5) is 4.52. The Hall–Kier alpha value is -2.04. The zero-order valence-electron chi connectivity index (χ0n) is 10.2. The van der Waals surface area contributed by atoms with Gasteiger partial charge in [0.05, 0.1) is 0 Å². The van der Waals surface area contributed by atoms with E-state index in [2.05, 4.69) is 4.98 Å². The third-order valence-electron chi connectivity index (χ3n) is 3.36. The van der Waals surface area contributed by atoms with Crippen LogP contribution in [0.5, 0.6) is 0 Å². The third-order valence-corrected chi connectivity index (χ3v) is 3.36. The van der Waals surface area contributed by atoms with Crippen molar-refractivity contribution in [3.8, 4) is 11.3 Å². The lowest BCUT2D eigenvalue weighted by Crippen LogP contribution is -2.14. The topological polar surface area (TPSA) is 69.9 Å². The van der Waals surface area contributed by atoms with E-state index >= 15 is 0 Å². The van der Waals surface area contributed by atoms with Crippen LogP contribution in [0.2, 0.25) is 0 Å². The van der Waals surface area contributed by atoms with Gasteiger partial charge >= 0.3 is 0 Å². The highest BCUT2D eigenvalue weighted by molar-refractivity contribution is 5.73.